The van der Waals surface area contributed by atoms with Gasteiger partial charge in [0, 0.05) is 19.2 Å². The van der Waals surface area contributed by atoms with Gasteiger partial charge in [-0.2, -0.15) is 0 Å². The minimum atomic E-state index is -0.138. The van der Waals surface area contributed by atoms with Crippen LogP contribution in [0.1, 0.15) is 5.56 Å². The van der Waals surface area contributed by atoms with Crippen LogP contribution in [0.25, 0.3) is 0 Å². The molecular formula is C14H17ClN2O3. The van der Waals surface area contributed by atoms with Crippen molar-refractivity contribution in [3.05, 3.63) is 34.9 Å². The first-order valence-electron chi connectivity index (χ1n) is 6.23. The number of amides is 1. The van der Waals surface area contributed by atoms with Crippen LogP contribution in [0.2, 0.25) is 5.02 Å². The number of carbonyl (C=O) groups excluding carboxylic acids is 1. The van der Waals surface area contributed by atoms with Crippen molar-refractivity contribution in [2.45, 2.75) is 6.54 Å². The van der Waals surface area contributed by atoms with Gasteiger partial charge in [-0.05, 0) is 31.8 Å². The maximum Gasteiger partial charge on any atom is 0.243 e. The van der Waals surface area contributed by atoms with Crippen molar-refractivity contribution in [3.8, 4) is 11.5 Å². The Bertz CT molecular complexity index is 529. The highest BCUT2D eigenvalue weighted by molar-refractivity contribution is 6.32. The number of rotatable bonds is 5. The normalized spacial score (nSPS) is 13.2. The lowest BCUT2D eigenvalue weighted by Crippen LogP contribution is -2.21. The van der Waals surface area contributed by atoms with E-state index < -0.39 is 0 Å². The van der Waals surface area contributed by atoms with E-state index >= 15 is 0 Å². The largest absolute Gasteiger partial charge is 0.454 e. The molecule has 108 valence electrons. The van der Waals surface area contributed by atoms with Crippen LogP contribution < -0.4 is 14.8 Å². The Hall–Kier alpha value is -1.72. The number of ether oxygens (including phenoxy) is 2. The number of benzene rings is 1. The molecule has 1 aliphatic heterocycles. The second-order valence-corrected chi connectivity index (χ2v) is 5.10. The van der Waals surface area contributed by atoms with Crippen molar-refractivity contribution >= 4 is 17.5 Å². The fourth-order valence-electron chi connectivity index (χ4n) is 1.74. The number of carbonyl (C=O) groups is 1. The van der Waals surface area contributed by atoms with Gasteiger partial charge in [-0.15, -0.1) is 0 Å². The molecule has 0 aromatic heterocycles. The van der Waals surface area contributed by atoms with E-state index in [4.69, 9.17) is 21.1 Å². The van der Waals surface area contributed by atoms with Gasteiger partial charge < -0.3 is 19.7 Å². The zero-order valence-electron chi connectivity index (χ0n) is 11.5. The van der Waals surface area contributed by atoms with Crippen molar-refractivity contribution in [1.29, 1.82) is 0 Å². The third-order valence-electron chi connectivity index (χ3n) is 2.69. The summed E-state index contributed by atoms with van der Waals surface area (Å²) in [6.45, 7) is 1.29. The van der Waals surface area contributed by atoms with Crippen molar-refractivity contribution in [1.82, 2.24) is 10.2 Å². The van der Waals surface area contributed by atoms with Gasteiger partial charge in [0.2, 0.25) is 12.7 Å². The quantitative estimate of drug-likeness (QED) is 0.842. The fourth-order valence-corrected chi connectivity index (χ4v) is 2.03. The molecule has 1 aromatic rings. The van der Waals surface area contributed by atoms with E-state index in [1.807, 2.05) is 31.1 Å². The van der Waals surface area contributed by atoms with Crippen molar-refractivity contribution in [3.63, 3.8) is 0 Å². The zero-order valence-corrected chi connectivity index (χ0v) is 12.2. The minimum absolute atomic E-state index is 0.138. The number of likely N-dealkylation sites (N-methyl/N-ethyl adjacent to an activating group) is 1. The molecule has 2 rings (SSSR count). The minimum Gasteiger partial charge on any atom is -0.454 e. The van der Waals surface area contributed by atoms with Gasteiger partial charge in [-0.1, -0.05) is 17.7 Å². The van der Waals surface area contributed by atoms with Crippen LogP contribution >= 0.6 is 11.6 Å². The molecule has 5 nitrogen and oxygen atoms in total. The predicted octanol–water partition coefficient (Wildman–Crippen LogP) is 1.80. The van der Waals surface area contributed by atoms with E-state index in [0.717, 1.165) is 12.1 Å². The lowest BCUT2D eigenvalue weighted by Gasteiger charge is -2.06. The second kappa shape index (κ2) is 6.63. The molecule has 1 N–H and O–H groups in total. The second-order valence-electron chi connectivity index (χ2n) is 4.69. The highest BCUT2D eigenvalue weighted by atomic mass is 35.5. The van der Waals surface area contributed by atoms with Crippen molar-refractivity contribution < 1.29 is 14.3 Å². The van der Waals surface area contributed by atoms with Gasteiger partial charge in [-0.3, -0.25) is 4.79 Å². The first-order chi connectivity index (χ1) is 9.56. The van der Waals surface area contributed by atoms with Gasteiger partial charge >= 0.3 is 0 Å². The van der Waals surface area contributed by atoms with Crippen molar-refractivity contribution in [2.75, 3.05) is 27.4 Å². The predicted molar refractivity (Wildman–Crippen MR) is 77.1 cm³/mol. The fraction of sp³-hybridized carbons (Fsp3) is 0.357. The maximum atomic E-state index is 11.6. The molecule has 0 bridgehead atoms. The standard InChI is InChI=1S/C14H17ClN2O3/c1-17(2)5-3-4-13(18)16-8-10-6-11(15)14-12(7-10)19-9-20-14/h3-4,6-7H,5,8-9H2,1-2H3,(H,16,18)/b4-3+. The van der Waals surface area contributed by atoms with Crippen molar-refractivity contribution in [2.24, 2.45) is 0 Å². The number of fused-ring (bicyclic) bond motifs is 1. The lowest BCUT2D eigenvalue weighted by molar-refractivity contribution is -0.116. The van der Waals surface area contributed by atoms with E-state index in [0.29, 0.717) is 23.1 Å². The Balaban J connectivity index is 1.90. The van der Waals surface area contributed by atoms with Crippen LogP contribution in [0.4, 0.5) is 0 Å². The third kappa shape index (κ3) is 3.88. The van der Waals surface area contributed by atoms with E-state index in [1.54, 1.807) is 6.07 Å². The molecule has 0 unspecified atom stereocenters. The maximum absolute atomic E-state index is 11.6. The average molecular weight is 297 g/mol. The zero-order chi connectivity index (χ0) is 14.5. The van der Waals surface area contributed by atoms with Gasteiger partial charge in [0.1, 0.15) is 0 Å². The van der Waals surface area contributed by atoms with Crippen LogP contribution in [-0.2, 0) is 11.3 Å². The third-order valence-corrected chi connectivity index (χ3v) is 2.97. The van der Waals surface area contributed by atoms with Gasteiger partial charge in [0.25, 0.3) is 0 Å². The molecule has 6 heteroatoms. The summed E-state index contributed by atoms with van der Waals surface area (Å²) < 4.78 is 10.5. The summed E-state index contributed by atoms with van der Waals surface area (Å²) in [5.74, 6) is 1.04. The summed E-state index contributed by atoms with van der Waals surface area (Å²) in [5, 5.41) is 3.28. The Labute approximate surface area is 123 Å². The summed E-state index contributed by atoms with van der Waals surface area (Å²) in [5.41, 5.74) is 0.869. The Morgan fingerprint density at radius 1 is 1.45 bits per heavy atom. The molecule has 0 spiro atoms. The Morgan fingerprint density at radius 3 is 3.00 bits per heavy atom. The van der Waals surface area contributed by atoms with Crippen LogP contribution in [0.15, 0.2) is 24.3 Å². The molecule has 0 fully saturated rings. The Morgan fingerprint density at radius 2 is 2.25 bits per heavy atom. The molecule has 0 saturated heterocycles. The summed E-state index contributed by atoms with van der Waals surface area (Å²) in [7, 11) is 3.88. The van der Waals surface area contributed by atoms with Crippen LogP contribution in [-0.4, -0.2) is 38.2 Å². The lowest BCUT2D eigenvalue weighted by atomic mass is 10.2. The first-order valence-corrected chi connectivity index (χ1v) is 6.61. The average Bonchev–Trinajstić information content (AvgIpc) is 2.84. The molecule has 0 radical (unpaired) electrons. The number of halogens is 1. The number of nitrogens with one attached hydrogen (secondary N) is 1. The molecular weight excluding hydrogens is 280 g/mol. The molecule has 20 heavy (non-hydrogen) atoms. The van der Waals surface area contributed by atoms with E-state index in [2.05, 4.69) is 5.32 Å². The summed E-state index contributed by atoms with van der Waals surface area (Å²) in [4.78, 5) is 13.6. The topological polar surface area (TPSA) is 50.8 Å². The summed E-state index contributed by atoms with van der Waals surface area (Å²) >= 11 is 6.07. The molecule has 0 aliphatic carbocycles. The molecule has 0 atom stereocenters. The highest BCUT2D eigenvalue weighted by Gasteiger charge is 2.18. The van der Waals surface area contributed by atoms with Crippen LogP contribution in [0.5, 0.6) is 11.5 Å². The van der Waals surface area contributed by atoms with Crippen LogP contribution in [0, 0.1) is 0 Å². The van der Waals surface area contributed by atoms with E-state index in [9.17, 15) is 4.79 Å². The SMILES string of the molecule is CN(C)C/C=C/C(=O)NCc1cc(Cl)c2c(c1)OCO2. The number of hydrogen-bond donors (Lipinski definition) is 1. The molecule has 1 amide bonds. The molecule has 0 saturated carbocycles. The first kappa shape index (κ1) is 14.7. The summed E-state index contributed by atoms with van der Waals surface area (Å²) in [6.07, 6.45) is 3.33. The van der Waals surface area contributed by atoms with Gasteiger partial charge in [0.15, 0.2) is 11.5 Å². The van der Waals surface area contributed by atoms with E-state index in [-0.39, 0.29) is 12.7 Å². The molecule has 1 heterocycles. The molecule has 1 aromatic carbocycles. The number of nitrogens with zero attached hydrogens (tertiary/aromatic N) is 1. The van der Waals surface area contributed by atoms with E-state index in [1.165, 1.54) is 6.08 Å². The highest BCUT2D eigenvalue weighted by Crippen LogP contribution is 2.39. The Kier molecular flexibility index (Phi) is 4.87. The summed E-state index contributed by atoms with van der Waals surface area (Å²) in [6, 6.07) is 3.58. The van der Waals surface area contributed by atoms with Crippen LogP contribution in [0.3, 0.4) is 0 Å². The van der Waals surface area contributed by atoms with Gasteiger partial charge in [-0.25, -0.2) is 0 Å². The molecule has 1 aliphatic rings. The monoisotopic (exact) mass is 296 g/mol. The number of hydrogen-bond acceptors (Lipinski definition) is 4. The smallest absolute Gasteiger partial charge is 0.243 e. The van der Waals surface area contributed by atoms with Gasteiger partial charge in [0.05, 0.1) is 5.02 Å².